The van der Waals surface area contributed by atoms with Crippen LogP contribution >= 0.6 is 0 Å². The van der Waals surface area contributed by atoms with Gasteiger partial charge in [0.2, 0.25) is 0 Å². The molecule has 1 fully saturated rings. The minimum atomic E-state index is 0.508. The Bertz CT molecular complexity index is 103. The van der Waals surface area contributed by atoms with Crippen molar-refractivity contribution >= 4 is 0 Å². The van der Waals surface area contributed by atoms with Gasteiger partial charge in [-0.1, -0.05) is 26.7 Å². The number of hydrogen-bond donors (Lipinski definition) is 0. The van der Waals surface area contributed by atoms with Gasteiger partial charge in [0.25, 0.3) is 0 Å². The van der Waals surface area contributed by atoms with Gasteiger partial charge in [-0.3, -0.25) is 0 Å². The molecular weight excluding hydrogens is 136 g/mol. The van der Waals surface area contributed by atoms with Crippen LogP contribution in [0.3, 0.4) is 0 Å². The lowest BCUT2D eigenvalue weighted by Crippen LogP contribution is -2.28. The zero-order valence-corrected chi connectivity index (χ0v) is 7.86. The topological polar surface area (TPSA) is 9.23 Å². The van der Waals surface area contributed by atoms with Crippen LogP contribution in [-0.2, 0) is 4.74 Å². The van der Waals surface area contributed by atoms with Gasteiger partial charge in [0.15, 0.2) is 0 Å². The molecule has 1 saturated heterocycles. The van der Waals surface area contributed by atoms with E-state index < -0.39 is 0 Å². The highest BCUT2D eigenvalue weighted by Gasteiger charge is 2.26. The van der Waals surface area contributed by atoms with Crippen LogP contribution in [-0.4, -0.2) is 13.2 Å². The Balaban J connectivity index is 2.25. The van der Waals surface area contributed by atoms with Gasteiger partial charge in [0.05, 0.1) is 6.61 Å². The largest absolute Gasteiger partial charge is 0.381 e. The van der Waals surface area contributed by atoms with Crippen LogP contribution in [0.25, 0.3) is 0 Å². The Morgan fingerprint density at radius 1 is 1.45 bits per heavy atom. The summed E-state index contributed by atoms with van der Waals surface area (Å²) in [6.07, 6.45) is 6.66. The Kier molecular flexibility index (Phi) is 3.38. The fourth-order valence-electron chi connectivity index (χ4n) is 1.79. The molecule has 0 amide bonds. The lowest BCUT2D eigenvalue weighted by Gasteiger charge is -2.33. The second kappa shape index (κ2) is 4.10. The molecule has 1 atom stereocenters. The fraction of sp³-hybridized carbons (Fsp3) is 1.00. The van der Waals surface area contributed by atoms with Crippen LogP contribution < -0.4 is 0 Å². The molecule has 0 spiro atoms. The second-order valence-corrected chi connectivity index (χ2v) is 4.07. The molecule has 0 saturated carbocycles. The Labute approximate surface area is 70.1 Å². The van der Waals surface area contributed by atoms with E-state index in [2.05, 4.69) is 13.8 Å². The third-order valence-electron chi connectivity index (χ3n) is 2.65. The maximum absolute atomic E-state index is 5.48. The fourth-order valence-corrected chi connectivity index (χ4v) is 1.79. The van der Waals surface area contributed by atoms with Crippen molar-refractivity contribution in [2.24, 2.45) is 5.41 Å². The molecule has 0 aliphatic carbocycles. The molecule has 0 N–H and O–H groups in total. The SMILES string of the molecule is CCCCC1(C)CCCOC1. The van der Waals surface area contributed by atoms with Crippen molar-refractivity contribution in [1.29, 1.82) is 0 Å². The Hall–Kier alpha value is -0.0400. The van der Waals surface area contributed by atoms with Crippen molar-refractivity contribution in [3.63, 3.8) is 0 Å². The van der Waals surface area contributed by atoms with Crippen molar-refractivity contribution in [1.82, 2.24) is 0 Å². The van der Waals surface area contributed by atoms with Crippen LogP contribution in [0.5, 0.6) is 0 Å². The third-order valence-corrected chi connectivity index (χ3v) is 2.65. The summed E-state index contributed by atoms with van der Waals surface area (Å²) in [5, 5.41) is 0. The number of ether oxygens (including phenoxy) is 1. The molecule has 0 radical (unpaired) electrons. The molecule has 0 aromatic heterocycles. The standard InChI is InChI=1S/C10H20O/c1-3-4-6-10(2)7-5-8-11-9-10/h3-9H2,1-2H3. The zero-order valence-electron chi connectivity index (χ0n) is 7.86. The summed E-state index contributed by atoms with van der Waals surface area (Å²) >= 11 is 0. The molecule has 0 aromatic carbocycles. The van der Waals surface area contributed by atoms with E-state index in [1.54, 1.807) is 0 Å². The molecule has 1 rings (SSSR count). The minimum absolute atomic E-state index is 0.508. The van der Waals surface area contributed by atoms with Gasteiger partial charge >= 0.3 is 0 Å². The number of rotatable bonds is 3. The summed E-state index contributed by atoms with van der Waals surface area (Å²) in [7, 11) is 0. The van der Waals surface area contributed by atoms with Crippen molar-refractivity contribution in [2.45, 2.75) is 46.0 Å². The van der Waals surface area contributed by atoms with Gasteiger partial charge in [-0.25, -0.2) is 0 Å². The molecule has 0 bridgehead atoms. The van der Waals surface area contributed by atoms with Gasteiger partial charge in [-0.2, -0.15) is 0 Å². The van der Waals surface area contributed by atoms with Gasteiger partial charge in [-0.05, 0) is 24.7 Å². The van der Waals surface area contributed by atoms with E-state index in [1.165, 1.54) is 32.1 Å². The highest BCUT2D eigenvalue weighted by atomic mass is 16.5. The van der Waals surface area contributed by atoms with E-state index in [-0.39, 0.29) is 0 Å². The summed E-state index contributed by atoms with van der Waals surface area (Å²) in [6, 6.07) is 0. The van der Waals surface area contributed by atoms with Crippen molar-refractivity contribution < 1.29 is 4.74 Å². The van der Waals surface area contributed by atoms with Gasteiger partial charge in [0.1, 0.15) is 0 Å². The lowest BCUT2D eigenvalue weighted by atomic mass is 9.80. The van der Waals surface area contributed by atoms with Crippen molar-refractivity contribution in [3.05, 3.63) is 0 Å². The predicted molar refractivity (Wildman–Crippen MR) is 47.7 cm³/mol. The third kappa shape index (κ3) is 2.82. The number of hydrogen-bond acceptors (Lipinski definition) is 1. The molecule has 1 heteroatoms. The highest BCUT2D eigenvalue weighted by Crippen LogP contribution is 2.32. The smallest absolute Gasteiger partial charge is 0.0519 e. The maximum Gasteiger partial charge on any atom is 0.0519 e. The summed E-state index contributed by atoms with van der Waals surface area (Å²) in [5.41, 5.74) is 0.508. The van der Waals surface area contributed by atoms with E-state index >= 15 is 0 Å². The first-order valence-electron chi connectivity index (χ1n) is 4.85. The summed E-state index contributed by atoms with van der Waals surface area (Å²) < 4.78 is 5.48. The van der Waals surface area contributed by atoms with Gasteiger partial charge in [-0.15, -0.1) is 0 Å². The zero-order chi connectivity index (χ0) is 8.16. The first-order valence-corrected chi connectivity index (χ1v) is 4.85. The van der Waals surface area contributed by atoms with E-state index in [4.69, 9.17) is 4.74 Å². The molecule has 1 heterocycles. The number of unbranched alkanes of at least 4 members (excludes halogenated alkanes) is 1. The van der Waals surface area contributed by atoms with Crippen LogP contribution in [0.2, 0.25) is 0 Å². The maximum atomic E-state index is 5.48. The van der Waals surface area contributed by atoms with Crippen LogP contribution in [0, 0.1) is 5.41 Å². The van der Waals surface area contributed by atoms with Crippen LogP contribution in [0.4, 0.5) is 0 Å². The molecule has 1 aliphatic heterocycles. The molecule has 1 nitrogen and oxygen atoms in total. The second-order valence-electron chi connectivity index (χ2n) is 4.07. The predicted octanol–water partition coefficient (Wildman–Crippen LogP) is 2.99. The first kappa shape index (κ1) is 9.05. The summed E-state index contributed by atoms with van der Waals surface area (Å²) in [5.74, 6) is 0. The first-order chi connectivity index (χ1) is 5.27. The van der Waals surface area contributed by atoms with E-state index in [0.29, 0.717) is 5.41 Å². The molecule has 1 unspecified atom stereocenters. The molecule has 66 valence electrons. The van der Waals surface area contributed by atoms with Crippen molar-refractivity contribution in [3.8, 4) is 0 Å². The van der Waals surface area contributed by atoms with Crippen LogP contribution in [0.1, 0.15) is 46.0 Å². The van der Waals surface area contributed by atoms with E-state index in [0.717, 1.165) is 13.2 Å². The molecule has 0 aromatic rings. The average molecular weight is 156 g/mol. The van der Waals surface area contributed by atoms with E-state index in [9.17, 15) is 0 Å². The van der Waals surface area contributed by atoms with Gasteiger partial charge < -0.3 is 4.74 Å². The Morgan fingerprint density at radius 3 is 2.82 bits per heavy atom. The van der Waals surface area contributed by atoms with Gasteiger partial charge in [0, 0.05) is 6.61 Å². The minimum Gasteiger partial charge on any atom is -0.381 e. The quantitative estimate of drug-likeness (QED) is 0.610. The Morgan fingerprint density at radius 2 is 2.27 bits per heavy atom. The normalized spacial score (nSPS) is 32.2. The summed E-state index contributed by atoms with van der Waals surface area (Å²) in [6.45, 7) is 6.60. The average Bonchev–Trinajstić information content (AvgIpc) is 2.03. The monoisotopic (exact) mass is 156 g/mol. The highest BCUT2D eigenvalue weighted by molar-refractivity contribution is 4.76. The summed E-state index contributed by atoms with van der Waals surface area (Å²) in [4.78, 5) is 0. The molecular formula is C10H20O. The molecule has 11 heavy (non-hydrogen) atoms. The van der Waals surface area contributed by atoms with Crippen LogP contribution in [0.15, 0.2) is 0 Å². The van der Waals surface area contributed by atoms with E-state index in [1.807, 2.05) is 0 Å². The molecule has 1 aliphatic rings. The van der Waals surface area contributed by atoms with Crippen molar-refractivity contribution in [2.75, 3.05) is 13.2 Å². The lowest BCUT2D eigenvalue weighted by molar-refractivity contribution is -0.00299.